The monoisotopic (exact) mass is 217 g/mol. The first-order chi connectivity index (χ1) is 5.97. The molecule has 1 rings (SSSR count). The smallest absolute Gasteiger partial charge is 0.0457 e. The van der Waals surface area contributed by atoms with Gasteiger partial charge in [0.25, 0.3) is 0 Å². The molecule has 0 saturated heterocycles. The van der Waals surface area contributed by atoms with Crippen LogP contribution >= 0.6 is 23.2 Å². The number of rotatable bonds is 2. The predicted octanol–water partition coefficient (Wildman–Crippen LogP) is 3.45. The summed E-state index contributed by atoms with van der Waals surface area (Å²) in [6, 6.07) is 5.50. The molecule has 1 aromatic rings. The highest BCUT2D eigenvalue weighted by Crippen LogP contribution is 2.29. The first-order valence-corrected chi connectivity index (χ1v) is 4.87. The molecule has 72 valence electrons. The van der Waals surface area contributed by atoms with Crippen molar-refractivity contribution >= 4 is 23.2 Å². The Morgan fingerprint density at radius 1 is 1.23 bits per heavy atom. The maximum Gasteiger partial charge on any atom is 0.0457 e. The van der Waals surface area contributed by atoms with E-state index >= 15 is 0 Å². The minimum Gasteiger partial charge on any atom is -0.311 e. The van der Waals surface area contributed by atoms with Crippen LogP contribution in [0.4, 0.5) is 0 Å². The lowest BCUT2D eigenvalue weighted by Crippen LogP contribution is -2.33. The molecule has 0 amide bonds. The maximum atomic E-state index is 6.06. The molecular formula is C10H13Cl2N. The Bertz CT molecular complexity index is 308. The fourth-order valence-electron chi connectivity index (χ4n) is 1.11. The molecule has 1 N–H and O–H groups in total. The third-order valence-electron chi connectivity index (χ3n) is 2.23. The molecule has 0 bridgehead atoms. The van der Waals surface area contributed by atoms with Gasteiger partial charge in [0.15, 0.2) is 0 Å². The van der Waals surface area contributed by atoms with Crippen molar-refractivity contribution < 1.29 is 0 Å². The molecule has 3 heteroatoms. The molecule has 0 atom stereocenters. The molecule has 0 aliphatic heterocycles. The minimum atomic E-state index is -0.151. The van der Waals surface area contributed by atoms with Crippen LogP contribution in [0, 0.1) is 0 Å². The van der Waals surface area contributed by atoms with Crippen molar-refractivity contribution in [2.75, 3.05) is 7.05 Å². The van der Waals surface area contributed by atoms with Crippen molar-refractivity contribution in [3.63, 3.8) is 0 Å². The van der Waals surface area contributed by atoms with Crippen molar-refractivity contribution in [2.24, 2.45) is 0 Å². The van der Waals surface area contributed by atoms with Crippen LogP contribution in [0.15, 0.2) is 18.2 Å². The molecule has 0 spiro atoms. The lowest BCUT2D eigenvalue weighted by molar-refractivity contribution is 0.445. The van der Waals surface area contributed by atoms with Gasteiger partial charge in [0.1, 0.15) is 0 Å². The van der Waals surface area contributed by atoms with E-state index in [-0.39, 0.29) is 5.54 Å². The quantitative estimate of drug-likeness (QED) is 0.801. The number of nitrogens with one attached hydrogen (secondary N) is 1. The van der Waals surface area contributed by atoms with Crippen LogP contribution in [0.3, 0.4) is 0 Å². The molecule has 0 saturated carbocycles. The van der Waals surface area contributed by atoms with Crippen LogP contribution in [-0.2, 0) is 5.54 Å². The maximum absolute atomic E-state index is 6.06. The number of benzene rings is 1. The summed E-state index contributed by atoms with van der Waals surface area (Å²) in [5.41, 5.74) is 0.867. The number of halogens is 2. The van der Waals surface area contributed by atoms with E-state index in [0.717, 1.165) is 10.6 Å². The van der Waals surface area contributed by atoms with E-state index < -0.39 is 0 Å². The fraction of sp³-hybridized carbons (Fsp3) is 0.400. The standard InChI is InChI=1S/C10H13Cl2N/c1-10(2,13-3)8-6-7(11)4-5-9(8)12/h4-6,13H,1-3H3. The third-order valence-corrected chi connectivity index (χ3v) is 2.79. The molecule has 0 unspecified atom stereocenters. The first-order valence-electron chi connectivity index (χ1n) is 4.12. The van der Waals surface area contributed by atoms with E-state index in [1.165, 1.54) is 0 Å². The van der Waals surface area contributed by atoms with Crippen molar-refractivity contribution in [3.8, 4) is 0 Å². The summed E-state index contributed by atoms with van der Waals surface area (Å²) in [6.07, 6.45) is 0. The van der Waals surface area contributed by atoms with Crippen LogP contribution in [0.25, 0.3) is 0 Å². The van der Waals surface area contributed by atoms with Gasteiger partial charge in [0.05, 0.1) is 0 Å². The van der Waals surface area contributed by atoms with Gasteiger partial charge in [0, 0.05) is 15.6 Å². The zero-order valence-corrected chi connectivity index (χ0v) is 9.50. The van der Waals surface area contributed by atoms with E-state index in [4.69, 9.17) is 23.2 Å². The van der Waals surface area contributed by atoms with E-state index in [1.807, 2.05) is 19.2 Å². The molecular weight excluding hydrogens is 205 g/mol. The van der Waals surface area contributed by atoms with E-state index in [9.17, 15) is 0 Å². The number of hydrogen-bond donors (Lipinski definition) is 1. The SMILES string of the molecule is CNC(C)(C)c1cc(Cl)ccc1Cl. The molecule has 0 heterocycles. The van der Waals surface area contributed by atoms with Crippen LogP contribution in [0.2, 0.25) is 10.0 Å². The van der Waals surface area contributed by atoms with Gasteiger partial charge in [-0.05, 0) is 44.7 Å². The average molecular weight is 218 g/mol. The van der Waals surface area contributed by atoms with Gasteiger partial charge >= 0.3 is 0 Å². The number of hydrogen-bond acceptors (Lipinski definition) is 1. The van der Waals surface area contributed by atoms with E-state index in [2.05, 4.69) is 19.2 Å². The van der Waals surface area contributed by atoms with Gasteiger partial charge in [-0.15, -0.1) is 0 Å². The Labute approximate surface area is 89.0 Å². The van der Waals surface area contributed by atoms with Crippen LogP contribution in [-0.4, -0.2) is 7.05 Å². The molecule has 0 aromatic heterocycles. The van der Waals surface area contributed by atoms with Crippen molar-refractivity contribution in [1.82, 2.24) is 5.32 Å². The first kappa shape index (κ1) is 10.8. The normalized spacial score (nSPS) is 11.8. The van der Waals surface area contributed by atoms with Crippen LogP contribution in [0.5, 0.6) is 0 Å². The summed E-state index contributed by atoms with van der Waals surface area (Å²) in [5, 5.41) is 4.63. The van der Waals surface area contributed by atoms with Gasteiger partial charge in [-0.3, -0.25) is 0 Å². The highest BCUT2D eigenvalue weighted by Gasteiger charge is 2.20. The summed E-state index contributed by atoms with van der Waals surface area (Å²) < 4.78 is 0. The summed E-state index contributed by atoms with van der Waals surface area (Å²) in [4.78, 5) is 0. The Morgan fingerprint density at radius 3 is 2.38 bits per heavy atom. The van der Waals surface area contributed by atoms with E-state index in [1.54, 1.807) is 6.07 Å². The molecule has 13 heavy (non-hydrogen) atoms. The molecule has 0 aliphatic rings. The second-order valence-electron chi connectivity index (χ2n) is 3.50. The Morgan fingerprint density at radius 2 is 1.85 bits per heavy atom. The average Bonchev–Trinajstić information content (AvgIpc) is 2.09. The van der Waals surface area contributed by atoms with Crippen molar-refractivity contribution in [2.45, 2.75) is 19.4 Å². The van der Waals surface area contributed by atoms with Gasteiger partial charge in [-0.25, -0.2) is 0 Å². The summed E-state index contributed by atoms with van der Waals surface area (Å²) in [6.45, 7) is 4.12. The van der Waals surface area contributed by atoms with Crippen LogP contribution < -0.4 is 5.32 Å². The second kappa shape index (κ2) is 3.87. The topological polar surface area (TPSA) is 12.0 Å². The highest BCUT2D eigenvalue weighted by atomic mass is 35.5. The Hall–Kier alpha value is -0.240. The molecule has 0 radical (unpaired) electrons. The molecule has 1 aromatic carbocycles. The zero-order valence-electron chi connectivity index (χ0n) is 7.99. The Kier molecular flexibility index (Phi) is 3.23. The molecule has 1 nitrogen and oxygen atoms in total. The highest BCUT2D eigenvalue weighted by molar-refractivity contribution is 6.33. The van der Waals surface area contributed by atoms with Gasteiger partial charge in [-0.1, -0.05) is 23.2 Å². The van der Waals surface area contributed by atoms with Crippen molar-refractivity contribution in [1.29, 1.82) is 0 Å². The third kappa shape index (κ3) is 2.37. The minimum absolute atomic E-state index is 0.151. The van der Waals surface area contributed by atoms with Gasteiger partial charge < -0.3 is 5.32 Å². The summed E-state index contributed by atoms with van der Waals surface area (Å²) in [7, 11) is 1.90. The summed E-state index contributed by atoms with van der Waals surface area (Å²) in [5.74, 6) is 0. The lowest BCUT2D eigenvalue weighted by atomic mass is 9.95. The second-order valence-corrected chi connectivity index (χ2v) is 4.34. The van der Waals surface area contributed by atoms with Crippen LogP contribution in [0.1, 0.15) is 19.4 Å². The summed E-state index contributed by atoms with van der Waals surface area (Å²) >= 11 is 12.0. The van der Waals surface area contributed by atoms with Gasteiger partial charge in [-0.2, -0.15) is 0 Å². The lowest BCUT2D eigenvalue weighted by Gasteiger charge is -2.25. The van der Waals surface area contributed by atoms with Crippen molar-refractivity contribution in [3.05, 3.63) is 33.8 Å². The largest absolute Gasteiger partial charge is 0.311 e. The molecule has 0 aliphatic carbocycles. The zero-order chi connectivity index (χ0) is 10.1. The van der Waals surface area contributed by atoms with E-state index in [0.29, 0.717) is 5.02 Å². The molecule has 0 fully saturated rings. The Balaban J connectivity index is 3.20. The van der Waals surface area contributed by atoms with Gasteiger partial charge in [0.2, 0.25) is 0 Å². The predicted molar refractivity (Wildman–Crippen MR) is 58.5 cm³/mol. The fourth-order valence-corrected chi connectivity index (χ4v) is 1.64.